The Hall–Kier alpha value is -1.52. The molecular weight excluding hydrogens is 537 g/mol. The van der Waals surface area contributed by atoms with Gasteiger partial charge >= 0.3 is 0 Å². The first-order valence-corrected chi connectivity index (χ1v) is 12.1. The highest BCUT2D eigenvalue weighted by molar-refractivity contribution is 9.10. The van der Waals surface area contributed by atoms with E-state index in [-0.39, 0.29) is 12.4 Å². The zero-order valence-corrected chi connectivity index (χ0v) is 21.9. The van der Waals surface area contributed by atoms with Crippen LogP contribution in [0.25, 0.3) is 0 Å². The number of thioether (sulfide) groups is 1. The largest absolute Gasteiger partial charge is 0.490 e. The fourth-order valence-corrected chi connectivity index (χ4v) is 4.32. The first-order chi connectivity index (χ1) is 15.1. The van der Waals surface area contributed by atoms with Gasteiger partial charge in [-0.15, -0.1) is 17.5 Å². The zero-order valence-electron chi connectivity index (χ0n) is 17.9. The van der Waals surface area contributed by atoms with Crippen LogP contribution in [-0.2, 0) is 20.2 Å². The number of benzene rings is 2. The molecule has 0 unspecified atom stereocenters. The van der Waals surface area contributed by atoms with Crippen LogP contribution in [0.5, 0.6) is 11.5 Å². The molecule has 0 radical (unpaired) electrons. The molecule has 2 aromatic carbocycles. The van der Waals surface area contributed by atoms with E-state index in [1.165, 1.54) is 0 Å². The molecule has 0 spiro atoms. The molecule has 0 amide bonds. The number of aryl methyl sites for hydroxylation is 1. The van der Waals surface area contributed by atoms with Crippen molar-refractivity contribution >= 4 is 51.7 Å². The number of ether oxygens (including phenoxy) is 2. The minimum Gasteiger partial charge on any atom is -0.490 e. The highest BCUT2D eigenvalue weighted by Gasteiger charge is 2.13. The molecular formula is C21H26BrCl2N5O2S. The molecule has 11 heteroatoms. The van der Waals surface area contributed by atoms with Crippen LogP contribution in [0.15, 0.2) is 46.0 Å². The van der Waals surface area contributed by atoms with Crippen molar-refractivity contribution in [2.45, 2.75) is 31.7 Å². The maximum atomic E-state index is 6.05. The van der Waals surface area contributed by atoms with Crippen LogP contribution in [0, 0.1) is 0 Å². The number of aromatic nitrogens is 4. The van der Waals surface area contributed by atoms with Gasteiger partial charge in [-0.25, -0.2) is 4.68 Å². The van der Waals surface area contributed by atoms with E-state index < -0.39 is 0 Å². The maximum absolute atomic E-state index is 6.05. The first kappa shape index (κ1) is 26.7. The zero-order chi connectivity index (χ0) is 22.1. The monoisotopic (exact) mass is 561 g/mol. The van der Waals surface area contributed by atoms with E-state index in [1.807, 2.05) is 44.3 Å². The number of tetrazole rings is 1. The molecule has 0 saturated carbocycles. The van der Waals surface area contributed by atoms with Crippen molar-refractivity contribution in [1.82, 2.24) is 25.5 Å². The Bertz CT molecular complexity index is 975. The molecule has 0 fully saturated rings. The molecule has 0 bridgehead atoms. The second kappa shape index (κ2) is 13.9. The summed E-state index contributed by atoms with van der Waals surface area (Å²) in [5.41, 5.74) is 2.17. The van der Waals surface area contributed by atoms with Crippen LogP contribution in [0.4, 0.5) is 0 Å². The molecule has 0 aliphatic rings. The average molecular weight is 563 g/mol. The summed E-state index contributed by atoms with van der Waals surface area (Å²) < 4.78 is 14.4. The Labute approximate surface area is 212 Å². The van der Waals surface area contributed by atoms with Gasteiger partial charge in [0.1, 0.15) is 6.61 Å². The lowest BCUT2D eigenvalue weighted by Gasteiger charge is -2.16. The highest BCUT2D eigenvalue weighted by atomic mass is 79.9. The topological polar surface area (TPSA) is 74.1 Å². The van der Waals surface area contributed by atoms with Gasteiger partial charge in [0.2, 0.25) is 5.16 Å². The third-order valence-electron chi connectivity index (χ3n) is 4.31. The van der Waals surface area contributed by atoms with Crippen LogP contribution in [0.1, 0.15) is 24.5 Å². The second-order valence-electron chi connectivity index (χ2n) is 6.72. The van der Waals surface area contributed by atoms with Crippen LogP contribution in [0.3, 0.4) is 0 Å². The van der Waals surface area contributed by atoms with Crippen molar-refractivity contribution in [3.8, 4) is 11.5 Å². The molecule has 3 aromatic rings. The second-order valence-corrected chi connectivity index (χ2v) is 9.07. The van der Waals surface area contributed by atoms with E-state index in [9.17, 15) is 0 Å². The van der Waals surface area contributed by atoms with Crippen molar-refractivity contribution in [1.29, 1.82) is 0 Å². The van der Waals surface area contributed by atoms with Crippen LogP contribution >= 0.6 is 51.7 Å². The summed E-state index contributed by atoms with van der Waals surface area (Å²) in [6.45, 7) is 4.61. The molecule has 174 valence electrons. The van der Waals surface area contributed by atoms with Crippen molar-refractivity contribution in [2.75, 3.05) is 18.9 Å². The fraction of sp³-hybridized carbons (Fsp3) is 0.381. The predicted molar refractivity (Wildman–Crippen MR) is 134 cm³/mol. The Morgan fingerprint density at radius 1 is 1.16 bits per heavy atom. The minimum absolute atomic E-state index is 0. The number of nitrogens with one attached hydrogen (secondary N) is 1. The van der Waals surface area contributed by atoms with Crippen LogP contribution < -0.4 is 14.8 Å². The number of rotatable bonds is 12. The minimum atomic E-state index is 0. The van der Waals surface area contributed by atoms with Crippen LogP contribution in [-0.4, -0.2) is 39.1 Å². The summed E-state index contributed by atoms with van der Waals surface area (Å²) >= 11 is 11.2. The lowest BCUT2D eigenvalue weighted by atomic mass is 10.2. The SMILES string of the molecule is CCOc1cc(CNCCCSc2nnnn2C)cc(Br)c1OCc1ccc(Cl)cc1.Cl. The van der Waals surface area contributed by atoms with Crippen molar-refractivity contribution in [3.05, 3.63) is 57.0 Å². The van der Waals surface area contributed by atoms with Gasteiger partial charge in [-0.2, -0.15) is 0 Å². The highest BCUT2D eigenvalue weighted by Crippen LogP contribution is 2.37. The summed E-state index contributed by atoms with van der Waals surface area (Å²) in [4.78, 5) is 0. The van der Waals surface area contributed by atoms with Crippen molar-refractivity contribution in [3.63, 3.8) is 0 Å². The summed E-state index contributed by atoms with van der Waals surface area (Å²) in [5.74, 6) is 2.38. The van der Waals surface area contributed by atoms with E-state index in [2.05, 4.69) is 42.8 Å². The molecule has 1 aromatic heterocycles. The van der Waals surface area contributed by atoms with Gasteiger partial charge in [0, 0.05) is 24.4 Å². The van der Waals surface area contributed by atoms with Crippen LogP contribution in [0.2, 0.25) is 5.02 Å². The van der Waals surface area contributed by atoms with E-state index in [0.717, 1.165) is 51.8 Å². The van der Waals surface area contributed by atoms with Crippen molar-refractivity contribution < 1.29 is 9.47 Å². The maximum Gasteiger partial charge on any atom is 0.209 e. The smallest absolute Gasteiger partial charge is 0.209 e. The van der Waals surface area contributed by atoms with E-state index in [1.54, 1.807) is 16.4 Å². The third kappa shape index (κ3) is 8.12. The number of nitrogens with zero attached hydrogens (tertiary/aromatic N) is 4. The lowest BCUT2D eigenvalue weighted by molar-refractivity contribution is 0.267. The summed E-state index contributed by atoms with van der Waals surface area (Å²) in [5, 5.41) is 16.5. The Morgan fingerprint density at radius 3 is 2.62 bits per heavy atom. The van der Waals surface area contributed by atoms with Gasteiger partial charge in [0.05, 0.1) is 11.1 Å². The molecule has 0 atom stereocenters. The summed E-state index contributed by atoms with van der Waals surface area (Å²) in [6.07, 6.45) is 1.01. The van der Waals surface area contributed by atoms with Gasteiger partial charge in [0.15, 0.2) is 11.5 Å². The number of halogens is 3. The van der Waals surface area contributed by atoms with E-state index >= 15 is 0 Å². The van der Waals surface area contributed by atoms with Gasteiger partial charge in [-0.1, -0.05) is 35.5 Å². The molecule has 7 nitrogen and oxygen atoms in total. The fourth-order valence-electron chi connectivity index (χ4n) is 2.80. The molecule has 0 aliphatic heterocycles. The van der Waals surface area contributed by atoms with E-state index in [4.69, 9.17) is 21.1 Å². The lowest BCUT2D eigenvalue weighted by Crippen LogP contribution is -2.15. The van der Waals surface area contributed by atoms with Crippen molar-refractivity contribution in [2.24, 2.45) is 7.05 Å². The average Bonchev–Trinajstić information content (AvgIpc) is 3.16. The normalized spacial score (nSPS) is 10.6. The summed E-state index contributed by atoms with van der Waals surface area (Å²) in [7, 11) is 1.84. The molecule has 32 heavy (non-hydrogen) atoms. The Balaban J connectivity index is 0.00000363. The molecule has 0 saturated heterocycles. The standard InChI is InChI=1S/C21H25BrClN5O2S.ClH/c1-3-29-19-12-16(13-24-9-4-10-31-21-25-26-27-28(21)2)11-18(22)20(19)30-14-15-5-7-17(23)8-6-15;/h5-8,11-12,24H,3-4,9-10,13-14H2,1-2H3;1H. The quantitative estimate of drug-likeness (QED) is 0.237. The molecule has 1 heterocycles. The Kier molecular flexibility index (Phi) is 11.6. The van der Waals surface area contributed by atoms with Gasteiger partial charge in [0.25, 0.3) is 0 Å². The molecule has 0 aliphatic carbocycles. The first-order valence-electron chi connectivity index (χ1n) is 9.95. The molecule has 1 N–H and O–H groups in total. The van der Waals surface area contributed by atoms with Gasteiger partial charge in [-0.05, 0) is 81.6 Å². The van der Waals surface area contributed by atoms with Gasteiger partial charge in [-0.3, -0.25) is 0 Å². The van der Waals surface area contributed by atoms with E-state index in [0.29, 0.717) is 24.0 Å². The number of hydrogen-bond acceptors (Lipinski definition) is 7. The molecule has 3 rings (SSSR count). The third-order valence-corrected chi connectivity index (χ3v) is 6.24. The Morgan fingerprint density at radius 2 is 1.94 bits per heavy atom. The predicted octanol–water partition coefficient (Wildman–Crippen LogP) is 5.30. The number of hydrogen-bond donors (Lipinski definition) is 1. The summed E-state index contributed by atoms with van der Waals surface area (Å²) in [6, 6.07) is 11.7. The van der Waals surface area contributed by atoms with Gasteiger partial charge < -0.3 is 14.8 Å².